The third-order valence-electron chi connectivity index (χ3n) is 2.11. The van der Waals surface area contributed by atoms with Gasteiger partial charge in [-0.05, 0) is 26.2 Å². The molecule has 6 nitrogen and oxygen atoms in total. The second-order valence-electron chi connectivity index (χ2n) is 3.55. The van der Waals surface area contributed by atoms with Gasteiger partial charge >= 0.3 is 0 Å². The van der Waals surface area contributed by atoms with Crippen LogP contribution in [0.1, 0.15) is 35.7 Å². The van der Waals surface area contributed by atoms with E-state index in [4.69, 9.17) is 4.74 Å². The van der Waals surface area contributed by atoms with Crippen LogP contribution in [0.5, 0.6) is 0 Å². The maximum absolute atomic E-state index is 11.5. The summed E-state index contributed by atoms with van der Waals surface area (Å²) in [6.45, 7) is 3.18. The Labute approximate surface area is 94.8 Å². The fraction of sp³-hybridized carbons (Fsp3) is 0.700. The number of amides is 1. The molecule has 0 saturated heterocycles. The van der Waals surface area contributed by atoms with Crippen LogP contribution in [-0.4, -0.2) is 41.3 Å². The van der Waals surface area contributed by atoms with E-state index in [1.54, 1.807) is 14.0 Å². The van der Waals surface area contributed by atoms with Crippen LogP contribution in [0.25, 0.3) is 0 Å². The summed E-state index contributed by atoms with van der Waals surface area (Å²) in [5.74, 6) is 0.621. The van der Waals surface area contributed by atoms with E-state index in [9.17, 15) is 4.79 Å². The van der Waals surface area contributed by atoms with Gasteiger partial charge in [-0.1, -0.05) is 0 Å². The van der Waals surface area contributed by atoms with Crippen LogP contribution in [-0.2, 0) is 4.74 Å². The monoisotopic (exact) mass is 226 g/mol. The van der Waals surface area contributed by atoms with Gasteiger partial charge in [0, 0.05) is 20.3 Å². The lowest BCUT2D eigenvalue weighted by Gasteiger charge is -2.02. The van der Waals surface area contributed by atoms with E-state index in [0.29, 0.717) is 12.4 Å². The molecular weight excluding hydrogens is 208 g/mol. The number of aromatic amines is 1. The first-order valence-corrected chi connectivity index (χ1v) is 5.40. The SMILES string of the molecule is COCCCCCNC(=O)c1n[nH]c(C)n1. The topological polar surface area (TPSA) is 79.9 Å². The molecule has 1 aromatic heterocycles. The van der Waals surface area contributed by atoms with Crippen molar-refractivity contribution in [3.05, 3.63) is 11.6 Å². The molecule has 16 heavy (non-hydrogen) atoms. The first-order valence-electron chi connectivity index (χ1n) is 5.40. The van der Waals surface area contributed by atoms with Crippen molar-refractivity contribution in [3.8, 4) is 0 Å². The van der Waals surface area contributed by atoms with Gasteiger partial charge in [-0.2, -0.15) is 0 Å². The molecule has 1 aromatic rings. The Kier molecular flexibility index (Phi) is 5.49. The largest absolute Gasteiger partial charge is 0.385 e. The van der Waals surface area contributed by atoms with Gasteiger partial charge in [0.2, 0.25) is 5.82 Å². The molecule has 1 rings (SSSR count). The van der Waals surface area contributed by atoms with Gasteiger partial charge in [0.15, 0.2) is 0 Å². The third-order valence-corrected chi connectivity index (χ3v) is 2.11. The van der Waals surface area contributed by atoms with Crippen molar-refractivity contribution in [3.63, 3.8) is 0 Å². The van der Waals surface area contributed by atoms with Gasteiger partial charge in [0.1, 0.15) is 5.82 Å². The number of H-pyrrole nitrogens is 1. The molecule has 0 unspecified atom stereocenters. The highest BCUT2D eigenvalue weighted by molar-refractivity contribution is 5.90. The van der Waals surface area contributed by atoms with Crippen molar-refractivity contribution in [2.24, 2.45) is 0 Å². The van der Waals surface area contributed by atoms with E-state index >= 15 is 0 Å². The average Bonchev–Trinajstić information content (AvgIpc) is 2.70. The number of rotatable bonds is 7. The minimum atomic E-state index is -0.226. The average molecular weight is 226 g/mol. The minimum absolute atomic E-state index is 0.203. The molecule has 0 radical (unpaired) electrons. The normalized spacial score (nSPS) is 10.4. The summed E-state index contributed by atoms with van der Waals surface area (Å²) in [6.07, 6.45) is 3.01. The molecule has 0 atom stereocenters. The molecule has 0 fully saturated rings. The molecule has 90 valence electrons. The molecule has 0 aliphatic carbocycles. The second-order valence-corrected chi connectivity index (χ2v) is 3.55. The first kappa shape index (κ1) is 12.6. The summed E-state index contributed by atoms with van der Waals surface area (Å²) < 4.78 is 4.93. The minimum Gasteiger partial charge on any atom is -0.385 e. The third kappa shape index (κ3) is 4.39. The molecule has 0 aromatic carbocycles. The first-order chi connectivity index (χ1) is 7.74. The Hall–Kier alpha value is -1.43. The zero-order valence-corrected chi connectivity index (χ0v) is 9.75. The summed E-state index contributed by atoms with van der Waals surface area (Å²) in [7, 11) is 1.69. The van der Waals surface area contributed by atoms with E-state index in [2.05, 4.69) is 20.5 Å². The number of aryl methyl sites for hydroxylation is 1. The molecule has 0 aliphatic rings. The number of unbranched alkanes of at least 4 members (excludes halogenated alkanes) is 2. The van der Waals surface area contributed by atoms with E-state index in [1.807, 2.05) is 0 Å². The lowest BCUT2D eigenvalue weighted by Crippen LogP contribution is -2.25. The fourth-order valence-electron chi connectivity index (χ4n) is 1.27. The highest BCUT2D eigenvalue weighted by Crippen LogP contribution is 1.95. The predicted molar refractivity (Wildman–Crippen MR) is 59.2 cm³/mol. The number of aromatic nitrogens is 3. The lowest BCUT2D eigenvalue weighted by molar-refractivity contribution is 0.0942. The Balaban J connectivity index is 2.11. The zero-order valence-electron chi connectivity index (χ0n) is 9.75. The highest BCUT2D eigenvalue weighted by atomic mass is 16.5. The number of ether oxygens (including phenoxy) is 1. The van der Waals surface area contributed by atoms with Crippen LogP contribution >= 0.6 is 0 Å². The van der Waals surface area contributed by atoms with Gasteiger partial charge < -0.3 is 10.1 Å². The number of nitrogens with one attached hydrogen (secondary N) is 2. The maximum atomic E-state index is 11.5. The predicted octanol–water partition coefficient (Wildman–Crippen LogP) is 0.660. The van der Waals surface area contributed by atoms with E-state index in [-0.39, 0.29) is 11.7 Å². The Bertz CT molecular complexity index is 324. The molecule has 1 heterocycles. The van der Waals surface area contributed by atoms with Crippen LogP contribution in [0.3, 0.4) is 0 Å². The molecule has 0 aliphatic heterocycles. The second kappa shape index (κ2) is 6.95. The molecule has 2 N–H and O–H groups in total. The number of carbonyl (C=O) groups is 1. The van der Waals surface area contributed by atoms with Gasteiger partial charge in [0.05, 0.1) is 0 Å². The van der Waals surface area contributed by atoms with E-state index in [1.165, 1.54) is 0 Å². The summed E-state index contributed by atoms with van der Waals surface area (Å²) in [5, 5.41) is 9.17. The molecule has 6 heteroatoms. The smallest absolute Gasteiger partial charge is 0.290 e. The number of nitrogens with zero attached hydrogens (tertiary/aromatic N) is 2. The number of hydrogen-bond acceptors (Lipinski definition) is 4. The quantitative estimate of drug-likeness (QED) is 0.669. The Morgan fingerprint density at radius 2 is 2.25 bits per heavy atom. The standard InChI is InChI=1S/C10H18N4O2/c1-8-12-9(14-13-8)10(15)11-6-4-3-5-7-16-2/h3-7H2,1-2H3,(H,11,15)(H,12,13,14). The zero-order chi connectivity index (χ0) is 11.8. The van der Waals surface area contributed by atoms with Gasteiger partial charge in [-0.3, -0.25) is 9.89 Å². The van der Waals surface area contributed by atoms with Crippen molar-refractivity contribution in [1.29, 1.82) is 0 Å². The number of methoxy groups -OCH3 is 1. The van der Waals surface area contributed by atoms with Gasteiger partial charge in [-0.25, -0.2) is 4.98 Å². The fourth-order valence-corrected chi connectivity index (χ4v) is 1.27. The van der Waals surface area contributed by atoms with Gasteiger partial charge in [0.25, 0.3) is 5.91 Å². The molecule has 0 bridgehead atoms. The van der Waals surface area contributed by atoms with Crippen LogP contribution < -0.4 is 5.32 Å². The summed E-state index contributed by atoms with van der Waals surface area (Å²) >= 11 is 0. The van der Waals surface area contributed by atoms with E-state index in [0.717, 1.165) is 25.9 Å². The summed E-state index contributed by atoms with van der Waals surface area (Å²) in [4.78, 5) is 15.4. The molecular formula is C10H18N4O2. The summed E-state index contributed by atoms with van der Waals surface area (Å²) in [5.41, 5.74) is 0. The van der Waals surface area contributed by atoms with Crippen molar-refractivity contribution in [2.45, 2.75) is 26.2 Å². The Morgan fingerprint density at radius 3 is 2.88 bits per heavy atom. The van der Waals surface area contributed by atoms with Crippen LogP contribution in [0.4, 0.5) is 0 Å². The van der Waals surface area contributed by atoms with Crippen molar-refractivity contribution < 1.29 is 9.53 Å². The number of carbonyl (C=O) groups excluding carboxylic acids is 1. The summed E-state index contributed by atoms with van der Waals surface area (Å²) in [6, 6.07) is 0. The van der Waals surface area contributed by atoms with Crippen LogP contribution in [0.2, 0.25) is 0 Å². The van der Waals surface area contributed by atoms with Crippen LogP contribution in [0, 0.1) is 6.92 Å². The van der Waals surface area contributed by atoms with E-state index < -0.39 is 0 Å². The number of hydrogen-bond donors (Lipinski definition) is 2. The van der Waals surface area contributed by atoms with Crippen LogP contribution in [0.15, 0.2) is 0 Å². The molecule has 0 spiro atoms. The highest BCUT2D eigenvalue weighted by Gasteiger charge is 2.09. The molecule has 1 amide bonds. The molecule has 0 saturated carbocycles. The maximum Gasteiger partial charge on any atom is 0.290 e. The lowest BCUT2D eigenvalue weighted by atomic mass is 10.2. The van der Waals surface area contributed by atoms with Crippen molar-refractivity contribution in [1.82, 2.24) is 20.5 Å². The van der Waals surface area contributed by atoms with Gasteiger partial charge in [-0.15, -0.1) is 5.10 Å². The van der Waals surface area contributed by atoms with Crippen molar-refractivity contribution >= 4 is 5.91 Å². The Morgan fingerprint density at radius 1 is 1.44 bits per heavy atom. The van der Waals surface area contributed by atoms with Crippen molar-refractivity contribution in [2.75, 3.05) is 20.3 Å².